The number of fused-ring (bicyclic) bond motifs is 1. The average molecular weight is 355 g/mol. The van der Waals surface area contributed by atoms with E-state index in [1.54, 1.807) is 13.8 Å². The van der Waals surface area contributed by atoms with Gasteiger partial charge in [-0.25, -0.2) is 0 Å². The summed E-state index contributed by atoms with van der Waals surface area (Å²) in [6, 6.07) is 0. The van der Waals surface area contributed by atoms with Crippen LogP contribution in [0.1, 0.15) is 21.6 Å². The first-order valence-electron chi connectivity index (χ1n) is 7.58. The monoisotopic (exact) mass is 355 g/mol. The molecule has 2 aliphatic heterocycles. The Labute approximate surface area is 136 Å². The number of hydrogen-bond acceptors (Lipinski definition) is 9. The zero-order chi connectivity index (χ0) is 18.3. The fourth-order valence-corrected chi connectivity index (χ4v) is 4.03. The van der Waals surface area contributed by atoms with Gasteiger partial charge in [-0.05, 0) is 13.8 Å². The van der Waals surface area contributed by atoms with Gasteiger partial charge in [-0.15, -0.1) is 0 Å². The van der Waals surface area contributed by atoms with E-state index in [2.05, 4.69) is 4.74 Å². The second-order valence-electron chi connectivity index (χ2n) is 5.62. The van der Waals surface area contributed by atoms with Crippen LogP contribution in [0.2, 0.25) is 0 Å². The van der Waals surface area contributed by atoms with Crippen LogP contribution >= 0.6 is 7.60 Å². The SMILES string of the molecule is [2H][C@H](C(C(=O)OC)P(=O)(OC)OC)[C@H]1O[C@H](O)[C@H]2OC(C)(C)O[C@@H]12. The summed E-state index contributed by atoms with van der Waals surface area (Å²) < 4.78 is 52.0. The van der Waals surface area contributed by atoms with Crippen molar-refractivity contribution in [2.45, 2.75) is 56.3 Å². The molecule has 0 aromatic heterocycles. The molecule has 0 bridgehead atoms. The maximum Gasteiger partial charge on any atom is 0.344 e. The highest BCUT2D eigenvalue weighted by Gasteiger charge is 2.57. The van der Waals surface area contributed by atoms with Crippen molar-refractivity contribution in [3.05, 3.63) is 0 Å². The zero-order valence-corrected chi connectivity index (χ0v) is 14.5. The molecule has 9 nitrogen and oxygen atoms in total. The van der Waals surface area contributed by atoms with Crippen LogP contribution < -0.4 is 0 Å². The van der Waals surface area contributed by atoms with Crippen molar-refractivity contribution < 1.29 is 43.8 Å². The molecular formula is C13H23O9P. The second kappa shape index (κ2) is 6.76. The summed E-state index contributed by atoms with van der Waals surface area (Å²) in [5.41, 5.74) is -1.57. The first-order valence-corrected chi connectivity index (χ1v) is 8.62. The lowest BCUT2D eigenvalue weighted by atomic mass is 10.1. The molecule has 0 radical (unpaired) electrons. The zero-order valence-electron chi connectivity index (χ0n) is 14.6. The van der Waals surface area contributed by atoms with Crippen molar-refractivity contribution in [3.63, 3.8) is 0 Å². The van der Waals surface area contributed by atoms with E-state index in [4.69, 9.17) is 24.6 Å². The molecule has 134 valence electrons. The Morgan fingerprint density at radius 1 is 1.30 bits per heavy atom. The van der Waals surface area contributed by atoms with Gasteiger partial charge in [-0.3, -0.25) is 9.36 Å². The maximum atomic E-state index is 12.7. The summed E-state index contributed by atoms with van der Waals surface area (Å²) in [7, 11) is -0.662. The smallest absolute Gasteiger partial charge is 0.344 e. The molecule has 0 aromatic rings. The maximum absolute atomic E-state index is 12.7. The van der Waals surface area contributed by atoms with Gasteiger partial charge in [-0.1, -0.05) is 0 Å². The number of aliphatic hydroxyl groups excluding tert-OH is 1. The van der Waals surface area contributed by atoms with Crippen molar-refractivity contribution >= 4 is 13.6 Å². The molecule has 0 aromatic carbocycles. The predicted octanol–water partition coefficient (Wildman–Crippen LogP) is 0.641. The highest BCUT2D eigenvalue weighted by molar-refractivity contribution is 7.55. The summed E-state index contributed by atoms with van der Waals surface area (Å²) >= 11 is 0. The predicted molar refractivity (Wildman–Crippen MR) is 76.8 cm³/mol. The molecule has 2 aliphatic rings. The van der Waals surface area contributed by atoms with E-state index in [-0.39, 0.29) is 0 Å². The fourth-order valence-electron chi connectivity index (χ4n) is 2.68. The lowest BCUT2D eigenvalue weighted by molar-refractivity contribution is -0.220. The molecule has 0 amide bonds. The minimum atomic E-state index is -3.98. The topological polar surface area (TPSA) is 110 Å². The van der Waals surface area contributed by atoms with Crippen molar-refractivity contribution in [3.8, 4) is 0 Å². The third-order valence-corrected chi connectivity index (χ3v) is 5.81. The lowest BCUT2D eigenvalue weighted by Crippen LogP contribution is -2.35. The molecule has 1 N–H and O–H groups in total. The minimum Gasteiger partial charge on any atom is -0.468 e. The molecule has 23 heavy (non-hydrogen) atoms. The molecular weight excluding hydrogens is 331 g/mol. The van der Waals surface area contributed by atoms with E-state index in [9.17, 15) is 14.5 Å². The first-order chi connectivity index (χ1) is 11.1. The number of aliphatic hydroxyl groups is 1. The average Bonchev–Trinajstić information content (AvgIpc) is 3.00. The number of hydrogen-bond donors (Lipinski definition) is 1. The van der Waals surface area contributed by atoms with Gasteiger partial charge in [0.2, 0.25) is 0 Å². The normalized spacial score (nSPS) is 36.2. The van der Waals surface area contributed by atoms with Crippen LogP contribution in [0.3, 0.4) is 0 Å². The summed E-state index contributed by atoms with van der Waals surface area (Å²) in [4.78, 5) is 12.1. The molecule has 0 spiro atoms. The van der Waals surface area contributed by atoms with Crippen LogP contribution in [0.4, 0.5) is 0 Å². The largest absolute Gasteiger partial charge is 0.468 e. The number of methoxy groups -OCH3 is 1. The van der Waals surface area contributed by atoms with Crippen LogP contribution in [-0.2, 0) is 37.4 Å². The van der Waals surface area contributed by atoms with Gasteiger partial charge in [-0.2, -0.15) is 0 Å². The first kappa shape index (κ1) is 17.3. The Kier molecular flexibility index (Phi) is 5.08. The van der Waals surface area contributed by atoms with Gasteiger partial charge in [0.1, 0.15) is 12.2 Å². The van der Waals surface area contributed by atoms with Gasteiger partial charge in [0.05, 0.1) is 13.2 Å². The van der Waals surface area contributed by atoms with Crippen LogP contribution in [0.5, 0.6) is 0 Å². The molecule has 0 aliphatic carbocycles. The Bertz CT molecular complexity index is 520. The molecule has 2 heterocycles. The van der Waals surface area contributed by atoms with Crippen molar-refractivity contribution in [2.24, 2.45) is 0 Å². The number of esters is 1. The summed E-state index contributed by atoms with van der Waals surface area (Å²) in [5, 5.41) is 9.99. The van der Waals surface area contributed by atoms with E-state index >= 15 is 0 Å². The van der Waals surface area contributed by atoms with Gasteiger partial charge in [0.15, 0.2) is 17.7 Å². The minimum absolute atomic E-state index is 0.813. The van der Waals surface area contributed by atoms with Crippen LogP contribution in [0, 0.1) is 0 Å². The number of ether oxygens (including phenoxy) is 4. The van der Waals surface area contributed by atoms with Gasteiger partial charge >= 0.3 is 13.6 Å². The molecule has 1 unspecified atom stereocenters. The fraction of sp³-hybridized carbons (Fsp3) is 0.923. The second-order valence-corrected chi connectivity index (χ2v) is 7.99. The highest BCUT2D eigenvalue weighted by atomic mass is 31.2. The molecule has 2 rings (SSSR count). The Morgan fingerprint density at radius 2 is 1.87 bits per heavy atom. The summed E-state index contributed by atoms with van der Waals surface area (Å²) in [6.45, 7) is 3.31. The van der Waals surface area contributed by atoms with Crippen LogP contribution in [-0.4, -0.2) is 68.5 Å². The van der Waals surface area contributed by atoms with Crippen LogP contribution in [0.25, 0.3) is 0 Å². The molecule has 2 fully saturated rings. The third kappa shape index (κ3) is 3.61. The number of carbonyl (C=O) groups is 1. The van der Waals surface area contributed by atoms with Crippen LogP contribution in [0.15, 0.2) is 0 Å². The Balaban J connectivity index is 2.31. The van der Waals surface area contributed by atoms with Crippen molar-refractivity contribution in [1.82, 2.24) is 0 Å². The summed E-state index contributed by atoms with van der Waals surface area (Å²) in [5.74, 6) is -1.92. The molecule has 2 saturated heterocycles. The molecule has 6 atom stereocenters. The number of carbonyl (C=O) groups excluding carboxylic acids is 1. The van der Waals surface area contributed by atoms with E-state index in [1.807, 2.05) is 0 Å². The Morgan fingerprint density at radius 3 is 2.39 bits per heavy atom. The standard InChI is InChI=1S/C13H23O9P/c1-13(2)21-9-7(20-12(15)10(9)22-13)6-8(11(14)17-3)23(16,18-4)19-5/h7-10,12,15H,6H2,1-5H3/t7-,8?,9+,10+,12+/m1/s1/i6D/t6-,7+,8?,9-,10-,12-/m0. The lowest BCUT2D eigenvalue weighted by Gasteiger charge is -2.27. The van der Waals surface area contributed by atoms with Gasteiger partial charge in [0, 0.05) is 22.0 Å². The van der Waals surface area contributed by atoms with Crippen molar-refractivity contribution in [2.75, 3.05) is 21.3 Å². The van der Waals surface area contributed by atoms with E-state index in [0.717, 1.165) is 21.3 Å². The van der Waals surface area contributed by atoms with Gasteiger partial charge < -0.3 is 33.1 Å². The van der Waals surface area contributed by atoms with E-state index < -0.39 is 56.0 Å². The highest BCUT2D eigenvalue weighted by Crippen LogP contribution is 2.54. The van der Waals surface area contributed by atoms with Crippen molar-refractivity contribution in [1.29, 1.82) is 0 Å². The summed E-state index contributed by atoms with van der Waals surface area (Å²) in [6.07, 6.45) is -5.50. The van der Waals surface area contributed by atoms with Gasteiger partial charge in [0.25, 0.3) is 0 Å². The van der Waals surface area contributed by atoms with E-state index in [1.165, 1.54) is 0 Å². The third-order valence-electron chi connectivity index (χ3n) is 3.73. The Hall–Kier alpha value is -0.540. The molecule has 10 heteroatoms. The quantitative estimate of drug-likeness (QED) is 0.542. The number of rotatable bonds is 6. The van der Waals surface area contributed by atoms with E-state index in [0.29, 0.717) is 0 Å². The molecule has 0 saturated carbocycles.